The van der Waals surface area contributed by atoms with Gasteiger partial charge in [-0.15, -0.1) is 0 Å². The molecule has 1 aromatic carbocycles. The minimum absolute atomic E-state index is 0.0370. The Hall–Kier alpha value is -3.28. The predicted molar refractivity (Wildman–Crippen MR) is 133 cm³/mol. The normalized spacial score (nSPS) is 18.4. The molecule has 3 rings (SSSR count). The molecule has 172 valence electrons. The van der Waals surface area contributed by atoms with Gasteiger partial charge in [0.05, 0.1) is 6.04 Å². The van der Waals surface area contributed by atoms with Crippen molar-refractivity contribution in [3.8, 4) is 0 Å². The minimum Gasteiger partial charge on any atom is -0.385 e. The monoisotopic (exact) mass is 437 g/mol. The molecule has 1 atom stereocenters. The van der Waals surface area contributed by atoms with E-state index in [1.807, 2.05) is 24.3 Å². The largest absolute Gasteiger partial charge is 0.385 e. The average Bonchev–Trinajstić information content (AvgIpc) is 3.51. The van der Waals surface area contributed by atoms with E-state index in [4.69, 9.17) is 11.6 Å². The molecule has 6 heteroatoms. The maximum Gasteiger partial charge on any atom is 0.126 e. The molecule has 1 heterocycles. The highest BCUT2D eigenvalue weighted by Gasteiger charge is 2.28. The summed E-state index contributed by atoms with van der Waals surface area (Å²) in [6.07, 6.45) is 10.4. The fraction of sp³-hybridized carbons (Fsp3) is 0.346. The molecule has 32 heavy (non-hydrogen) atoms. The Morgan fingerprint density at radius 3 is 2.53 bits per heavy atom. The van der Waals surface area contributed by atoms with Crippen LogP contribution in [-0.4, -0.2) is 29.9 Å². The SMILES string of the molecule is C=C/C=C(\C=C)CNC(=C)C1CCCN1C(=C)C/C(N)=N/N.Fc1ccccc1C1CC1. The lowest BCUT2D eigenvalue weighted by Gasteiger charge is -2.30. The fourth-order valence-corrected chi connectivity index (χ4v) is 3.75. The molecule has 2 fully saturated rings. The predicted octanol–water partition coefficient (Wildman–Crippen LogP) is 4.69. The Morgan fingerprint density at radius 2 is 1.94 bits per heavy atom. The van der Waals surface area contributed by atoms with Gasteiger partial charge >= 0.3 is 0 Å². The quantitative estimate of drug-likeness (QED) is 0.163. The first-order valence-electron chi connectivity index (χ1n) is 11.0. The fourth-order valence-electron chi connectivity index (χ4n) is 3.75. The third kappa shape index (κ3) is 7.45. The van der Waals surface area contributed by atoms with Crippen molar-refractivity contribution in [2.24, 2.45) is 16.7 Å². The number of hydrogen-bond donors (Lipinski definition) is 3. The van der Waals surface area contributed by atoms with Gasteiger partial charge in [0.25, 0.3) is 0 Å². The van der Waals surface area contributed by atoms with E-state index in [2.05, 4.69) is 41.6 Å². The number of benzene rings is 1. The van der Waals surface area contributed by atoms with Crippen molar-refractivity contribution in [3.63, 3.8) is 0 Å². The molecule has 0 spiro atoms. The number of allylic oxidation sites excluding steroid dienone is 2. The van der Waals surface area contributed by atoms with Crippen LogP contribution in [0.15, 0.2) is 90.9 Å². The summed E-state index contributed by atoms with van der Waals surface area (Å²) in [6, 6.07) is 7.27. The van der Waals surface area contributed by atoms with Crippen molar-refractivity contribution in [3.05, 3.63) is 97.2 Å². The van der Waals surface area contributed by atoms with Crippen LogP contribution < -0.4 is 16.9 Å². The van der Waals surface area contributed by atoms with Crippen LogP contribution >= 0.6 is 0 Å². The summed E-state index contributed by atoms with van der Waals surface area (Å²) in [5.41, 5.74) is 9.55. The molecule has 0 amide bonds. The Kier molecular flexibility index (Phi) is 9.79. The third-order valence-corrected chi connectivity index (χ3v) is 5.65. The summed E-state index contributed by atoms with van der Waals surface area (Å²) in [5, 5.41) is 6.86. The number of amidine groups is 1. The van der Waals surface area contributed by atoms with Gasteiger partial charge in [0, 0.05) is 30.9 Å². The highest BCUT2D eigenvalue weighted by Crippen LogP contribution is 2.40. The van der Waals surface area contributed by atoms with Gasteiger partial charge in [0.1, 0.15) is 11.7 Å². The van der Waals surface area contributed by atoms with Gasteiger partial charge in [0.15, 0.2) is 0 Å². The number of nitrogens with one attached hydrogen (secondary N) is 1. The standard InChI is InChI=1S/C17H27N5.C9H9F/c1-5-8-15(6-2)12-20-14(4)16-9-7-10-22(16)13(3)11-17(18)21-19;10-9-4-2-1-3-8(9)7-5-6-7/h5-6,8,16,20H,1-4,7,9-12,19H2,(H2,18,21);1-4,7H,5-6H2/b15-8+;. The van der Waals surface area contributed by atoms with Crippen molar-refractivity contribution in [1.29, 1.82) is 0 Å². The summed E-state index contributed by atoms with van der Waals surface area (Å²) in [7, 11) is 0. The highest BCUT2D eigenvalue weighted by atomic mass is 19.1. The molecule has 1 saturated carbocycles. The van der Waals surface area contributed by atoms with Crippen LogP contribution in [0, 0.1) is 5.82 Å². The number of nitrogens with two attached hydrogens (primary N) is 2. The number of halogens is 1. The van der Waals surface area contributed by atoms with Crippen LogP contribution in [0.2, 0.25) is 0 Å². The summed E-state index contributed by atoms with van der Waals surface area (Å²) < 4.78 is 12.9. The van der Waals surface area contributed by atoms with Gasteiger partial charge < -0.3 is 21.8 Å². The van der Waals surface area contributed by atoms with Crippen LogP contribution in [0.5, 0.6) is 0 Å². The maximum atomic E-state index is 12.9. The molecule has 1 aromatic rings. The molecule has 0 bridgehead atoms. The Balaban J connectivity index is 0.000000297. The number of nitrogens with zero attached hydrogens (tertiary/aromatic N) is 2. The van der Waals surface area contributed by atoms with Crippen molar-refractivity contribution < 1.29 is 4.39 Å². The summed E-state index contributed by atoms with van der Waals surface area (Å²) in [5.74, 6) is 6.07. The smallest absolute Gasteiger partial charge is 0.126 e. The molecule has 1 aliphatic carbocycles. The summed E-state index contributed by atoms with van der Waals surface area (Å²) >= 11 is 0. The molecule has 0 radical (unpaired) electrons. The molecule has 1 aliphatic heterocycles. The lowest BCUT2D eigenvalue weighted by Crippen LogP contribution is -2.36. The second kappa shape index (κ2) is 12.5. The molecule has 1 saturated heterocycles. The van der Waals surface area contributed by atoms with Gasteiger partial charge in [-0.3, -0.25) is 0 Å². The molecule has 0 aromatic heterocycles. The zero-order valence-electron chi connectivity index (χ0n) is 18.9. The molecule has 2 aliphatic rings. The van der Waals surface area contributed by atoms with Crippen molar-refractivity contribution in [2.45, 2.75) is 44.1 Å². The lowest BCUT2D eigenvalue weighted by molar-refractivity contribution is 0.342. The summed E-state index contributed by atoms with van der Waals surface area (Å²) in [6.45, 7) is 17.4. The van der Waals surface area contributed by atoms with Crippen LogP contribution in [0.4, 0.5) is 4.39 Å². The number of rotatable bonds is 10. The Morgan fingerprint density at radius 1 is 1.22 bits per heavy atom. The van der Waals surface area contributed by atoms with Crippen molar-refractivity contribution >= 4 is 5.84 Å². The van der Waals surface area contributed by atoms with Gasteiger partial charge in [-0.2, -0.15) is 5.10 Å². The molecule has 1 unspecified atom stereocenters. The van der Waals surface area contributed by atoms with E-state index < -0.39 is 0 Å². The van der Waals surface area contributed by atoms with E-state index in [-0.39, 0.29) is 11.9 Å². The van der Waals surface area contributed by atoms with E-state index in [0.717, 1.165) is 41.9 Å². The second-order valence-electron chi connectivity index (χ2n) is 8.07. The van der Waals surface area contributed by atoms with Gasteiger partial charge in [-0.25, -0.2) is 4.39 Å². The molecular weight excluding hydrogens is 401 g/mol. The van der Waals surface area contributed by atoms with Gasteiger partial charge in [-0.1, -0.05) is 62.7 Å². The van der Waals surface area contributed by atoms with Gasteiger partial charge in [-0.05, 0) is 48.8 Å². The van der Waals surface area contributed by atoms with E-state index in [1.165, 1.54) is 18.9 Å². The summed E-state index contributed by atoms with van der Waals surface area (Å²) in [4.78, 5) is 2.22. The van der Waals surface area contributed by atoms with Gasteiger partial charge in [0.2, 0.25) is 0 Å². The van der Waals surface area contributed by atoms with E-state index in [0.29, 0.717) is 24.7 Å². The third-order valence-electron chi connectivity index (χ3n) is 5.65. The Labute approximate surface area is 191 Å². The van der Waals surface area contributed by atoms with E-state index >= 15 is 0 Å². The van der Waals surface area contributed by atoms with Crippen molar-refractivity contribution in [2.75, 3.05) is 13.1 Å². The van der Waals surface area contributed by atoms with E-state index in [9.17, 15) is 4.39 Å². The zero-order valence-corrected chi connectivity index (χ0v) is 18.9. The van der Waals surface area contributed by atoms with E-state index in [1.54, 1.807) is 12.1 Å². The zero-order chi connectivity index (χ0) is 23.5. The first kappa shape index (κ1) is 25.0. The highest BCUT2D eigenvalue weighted by molar-refractivity contribution is 5.82. The maximum absolute atomic E-state index is 12.9. The van der Waals surface area contributed by atoms with Crippen LogP contribution in [0.3, 0.4) is 0 Å². The van der Waals surface area contributed by atoms with Crippen LogP contribution in [-0.2, 0) is 0 Å². The number of hydrazone groups is 1. The average molecular weight is 438 g/mol. The number of likely N-dealkylation sites (tertiary alicyclic amines) is 1. The van der Waals surface area contributed by atoms with Crippen molar-refractivity contribution in [1.82, 2.24) is 10.2 Å². The Bertz CT molecular complexity index is 882. The van der Waals surface area contributed by atoms with Crippen LogP contribution in [0.1, 0.15) is 43.6 Å². The first-order chi connectivity index (χ1) is 15.4. The van der Waals surface area contributed by atoms with Crippen LogP contribution in [0.25, 0.3) is 0 Å². The molecular formula is C26H36FN5. The lowest BCUT2D eigenvalue weighted by atomic mass is 10.1. The first-order valence-corrected chi connectivity index (χ1v) is 11.0. The molecule has 5 N–H and O–H groups in total. The minimum atomic E-state index is -0.0370. The molecule has 5 nitrogen and oxygen atoms in total. The number of hydrogen-bond acceptors (Lipinski definition) is 4. The second-order valence-corrected chi connectivity index (χ2v) is 8.07. The topological polar surface area (TPSA) is 79.7 Å².